The molecular weight excluding hydrogens is 260 g/mol. The van der Waals surface area contributed by atoms with Crippen LogP contribution in [0.15, 0.2) is 24.3 Å². The molecule has 2 aliphatic rings. The van der Waals surface area contributed by atoms with Gasteiger partial charge in [-0.1, -0.05) is 24.3 Å². The largest absolute Gasteiger partial charge is 0.333 e. The first-order chi connectivity index (χ1) is 10.2. The van der Waals surface area contributed by atoms with Gasteiger partial charge in [0.2, 0.25) is 5.91 Å². The average molecular weight is 286 g/mol. The number of rotatable bonds is 5. The minimum Gasteiger partial charge on any atom is -0.333 e. The number of benzene rings is 1. The Balaban J connectivity index is 1.80. The van der Waals surface area contributed by atoms with Gasteiger partial charge in [-0.15, -0.1) is 0 Å². The topological polar surface area (TPSA) is 46.3 Å². The standard InChI is InChI=1S/C18H26N2O/c1-13(19)9-12-18(21)20(15-10-11-15)17-8-4-6-14-5-2-3-7-16(14)17/h2-3,5,7,13,15,17H,4,6,8-12,19H2,1H3. The van der Waals surface area contributed by atoms with Crippen LogP contribution in [0, 0.1) is 0 Å². The zero-order chi connectivity index (χ0) is 14.8. The monoisotopic (exact) mass is 286 g/mol. The second kappa shape index (κ2) is 6.18. The van der Waals surface area contributed by atoms with Crippen LogP contribution in [-0.2, 0) is 11.2 Å². The van der Waals surface area contributed by atoms with E-state index in [1.807, 2.05) is 6.92 Å². The third-order valence-electron chi connectivity index (χ3n) is 4.72. The summed E-state index contributed by atoms with van der Waals surface area (Å²) in [6.07, 6.45) is 7.16. The maximum Gasteiger partial charge on any atom is 0.223 e. The third-order valence-corrected chi connectivity index (χ3v) is 4.72. The van der Waals surface area contributed by atoms with Crippen LogP contribution >= 0.6 is 0 Å². The summed E-state index contributed by atoms with van der Waals surface area (Å²) < 4.78 is 0. The quantitative estimate of drug-likeness (QED) is 0.903. The number of aryl methyl sites for hydroxylation is 1. The van der Waals surface area contributed by atoms with E-state index in [0.717, 1.165) is 19.3 Å². The van der Waals surface area contributed by atoms with Gasteiger partial charge in [0.05, 0.1) is 6.04 Å². The summed E-state index contributed by atoms with van der Waals surface area (Å²) in [5, 5.41) is 0. The molecule has 1 aromatic rings. The predicted octanol–water partition coefficient (Wildman–Crippen LogP) is 3.18. The van der Waals surface area contributed by atoms with Gasteiger partial charge >= 0.3 is 0 Å². The lowest BCUT2D eigenvalue weighted by Gasteiger charge is -2.36. The second-order valence-electron chi connectivity index (χ2n) is 6.65. The van der Waals surface area contributed by atoms with Crippen molar-refractivity contribution in [3.05, 3.63) is 35.4 Å². The predicted molar refractivity (Wildman–Crippen MR) is 84.9 cm³/mol. The van der Waals surface area contributed by atoms with Crippen molar-refractivity contribution in [2.24, 2.45) is 5.73 Å². The van der Waals surface area contributed by atoms with Gasteiger partial charge in [-0.25, -0.2) is 0 Å². The van der Waals surface area contributed by atoms with E-state index in [0.29, 0.717) is 24.4 Å². The molecule has 1 amide bonds. The maximum atomic E-state index is 12.7. The van der Waals surface area contributed by atoms with Gasteiger partial charge in [0.15, 0.2) is 0 Å². The Morgan fingerprint density at radius 2 is 2.10 bits per heavy atom. The fourth-order valence-corrected chi connectivity index (χ4v) is 3.48. The van der Waals surface area contributed by atoms with Crippen molar-refractivity contribution in [3.8, 4) is 0 Å². The average Bonchev–Trinajstić information content (AvgIpc) is 3.30. The number of amides is 1. The Kier molecular flexibility index (Phi) is 4.29. The highest BCUT2D eigenvalue weighted by Gasteiger charge is 2.38. The molecule has 2 atom stereocenters. The van der Waals surface area contributed by atoms with E-state index in [9.17, 15) is 4.79 Å². The Labute approximate surface area is 127 Å². The van der Waals surface area contributed by atoms with Crippen LogP contribution < -0.4 is 5.73 Å². The Bertz CT molecular complexity index is 508. The van der Waals surface area contributed by atoms with E-state index < -0.39 is 0 Å². The Morgan fingerprint density at radius 1 is 1.33 bits per heavy atom. The minimum atomic E-state index is 0.105. The fourth-order valence-electron chi connectivity index (χ4n) is 3.48. The molecule has 1 saturated carbocycles. The van der Waals surface area contributed by atoms with E-state index in [1.54, 1.807) is 0 Å². The number of nitrogens with zero attached hydrogens (tertiary/aromatic N) is 1. The lowest BCUT2D eigenvalue weighted by atomic mass is 9.86. The van der Waals surface area contributed by atoms with Gasteiger partial charge in [0.1, 0.15) is 0 Å². The zero-order valence-electron chi connectivity index (χ0n) is 12.9. The first kappa shape index (κ1) is 14.6. The SMILES string of the molecule is CC(N)CCC(=O)N(C1CC1)C1CCCc2ccccc21. The molecule has 0 saturated heterocycles. The van der Waals surface area contributed by atoms with Crippen molar-refractivity contribution >= 4 is 5.91 Å². The van der Waals surface area contributed by atoms with Crippen LogP contribution in [0.4, 0.5) is 0 Å². The molecule has 0 aromatic heterocycles. The van der Waals surface area contributed by atoms with Crippen LogP contribution in [0.1, 0.15) is 62.6 Å². The van der Waals surface area contributed by atoms with Gasteiger partial charge < -0.3 is 10.6 Å². The third kappa shape index (κ3) is 3.29. The lowest BCUT2D eigenvalue weighted by molar-refractivity contribution is -0.135. The molecule has 2 N–H and O–H groups in total. The number of nitrogens with two attached hydrogens (primary N) is 1. The molecule has 0 radical (unpaired) electrons. The van der Waals surface area contributed by atoms with Gasteiger partial charge in [0.25, 0.3) is 0 Å². The fraction of sp³-hybridized carbons (Fsp3) is 0.611. The molecule has 0 heterocycles. The smallest absolute Gasteiger partial charge is 0.223 e. The van der Waals surface area contributed by atoms with Gasteiger partial charge in [-0.2, -0.15) is 0 Å². The summed E-state index contributed by atoms with van der Waals surface area (Å²) in [7, 11) is 0. The van der Waals surface area contributed by atoms with Crippen LogP contribution in [0.2, 0.25) is 0 Å². The summed E-state index contributed by atoms with van der Waals surface area (Å²) in [4.78, 5) is 14.9. The summed E-state index contributed by atoms with van der Waals surface area (Å²) in [5.74, 6) is 0.302. The lowest BCUT2D eigenvalue weighted by Crippen LogP contribution is -2.38. The molecule has 21 heavy (non-hydrogen) atoms. The molecule has 2 aliphatic carbocycles. The molecule has 1 aromatic carbocycles. The summed E-state index contributed by atoms with van der Waals surface area (Å²) in [5.41, 5.74) is 8.63. The summed E-state index contributed by atoms with van der Waals surface area (Å²) >= 11 is 0. The van der Waals surface area contributed by atoms with E-state index in [4.69, 9.17) is 5.73 Å². The first-order valence-corrected chi connectivity index (χ1v) is 8.31. The molecule has 0 bridgehead atoms. The molecule has 1 fully saturated rings. The highest BCUT2D eigenvalue weighted by molar-refractivity contribution is 5.77. The molecule has 3 nitrogen and oxygen atoms in total. The van der Waals surface area contributed by atoms with Crippen LogP contribution in [0.25, 0.3) is 0 Å². The van der Waals surface area contributed by atoms with E-state index in [-0.39, 0.29) is 6.04 Å². The van der Waals surface area contributed by atoms with Crippen molar-refractivity contribution < 1.29 is 4.79 Å². The summed E-state index contributed by atoms with van der Waals surface area (Å²) in [6, 6.07) is 9.53. The number of hydrogen-bond acceptors (Lipinski definition) is 2. The Morgan fingerprint density at radius 3 is 2.81 bits per heavy atom. The highest BCUT2D eigenvalue weighted by Crippen LogP contribution is 2.41. The summed E-state index contributed by atoms with van der Waals surface area (Å²) in [6.45, 7) is 1.98. The zero-order valence-corrected chi connectivity index (χ0v) is 12.9. The minimum absolute atomic E-state index is 0.105. The van der Waals surface area contributed by atoms with E-state index in [2.05, 4.69) is 29.2 Å². The molecule has 0 spiro atoms. The van der Waals surface area contributed by atoms with Crippen molar-refractivity contribution in [1.29, 1.82) is 0 Å². The second-order valence-corrected chi connectivity index (χ2v) is 6.65. The molecular formula is C18H26N2O. The van der Waals surface area contributed by atoms with Crippen LogP contribution in [0.3, 0.4) is 0 Å². The van der Waals surface area contributed by atoms with Crippen molar-refractivity contribution in [2.45, 2.75) is 70.0 Å². The Hall–Kier alpha value is -1.35. The molecule has 0 aliphatic heterocycles. The molecule has 2 unspecified atom stereocenters. The number of carbonyl (C=O) groups excluding carboxylic acids is 1. The van der Waals surface area contributed by atoms with Gasteiger partial charge in [0, 0.05) is 18.5 Å². The number of hydrogen-bond donors (Lipinski definition) is 1. The first-order valence-electron chi connectivity index (χ1n) is 8.31. The van der Waals surface area contributed by atoms with E-state index in [1.165, 1.54) is 30.4 Å². The maximum absolute atomic E-state index is 12.7. The number of carbonyl (C=O) groups is 1. The van der Waals surface area contributed by atoms with Crippen molar-refractivity contribution in [1.82, 2.24) is 4.90 Å². The van der Waals surface area contributed by atoms with Crippen LogP contribution in [0.5, 0.6) is 0 Å². The van der Waals surface area contributed by atoms with Crippen molar-refractivity contribution in [3.63, 3.8) is 0 Å². The van der Waals surface area contributed by atoms with E-state index >= 15 is 0 Å². The van der Waals surface area contributed by atoms with Gasteiger partial charge in [-0.05, 0) is 56.6 Å². The molecule has 3 heteroatoms. The molecule has 3 rings (SSSR count). The molecule has 114 valence electrons. The van der Waals surface area contributed by atoms with Gasteiger partial charge in [-0.3, -0.25) is 4.79 Å². The normalized spacial score (nSPS) is 22.5. The highest BCUT2D eigenvalue weighted by atomic mass is 16.2. The number of fused-ring (bicyclic) bond motifs is 1. The van der Waals surface area contributed by atoms with Crippen molar-refractivity contribution in [2.75, 3.05) is 0 Å². The van der Waals surface area contributed by atoms with Crippen LogP contribution in [-0.4, -0.2) is 22.9 Å².